The Bertz CT molecular complexity index is 632. The number of guanidine groups is 1. The van der Waals surface area contributed by atoms with E-state index in [1.807, 2.05) is 12.1 Å². The monoisotopic (exact) mass is 472 g/mol. The maximum atomic E-state index is 14.0. The number of halogens is 2. The number of benzene rings is 1. The minimum Gasteiger partial charge on any atom is -0.353 e. The molecule has 1 aliphatic carbocycles. The highest BCUT2D eigenvalue weighted by Gasteiger charge is 2.42. The normalized spacial score (nSPS) is 28.9. The van der Waals surface area contributed by atoms with E-state index in [0.717, 1.165) is 37.6 Å². The lowest BCUT2D eigenvalue weighted by Crippen LogP contribution is -2.43. The second kappa shape index (κ2) is 8.87. The molecule has 2 saturated heterocycles. The van der Waals surface area contributed by atoms with Crippen molar-refractivity contribution in [2.24, 2.45) is 4.99 Å². The van der Waals surface area contributed by atoms with Gasteiger partial charge in [-0.15, -0.1) is 24.0 Å². The van der Waals surface area contributed by atoms with Crippen LogP contribution < -0.4 is 5.32 Å². The van der Waals surface area contributed by atoms with E-state index in [4.69, 9.17) is 4.99 Å². The van der Waals surface area contributed by atoms with Crippen molar-refractivity contribution in [3.05, 3.63) is 35.6 Å². The Morgan fingerprint density at radius 3 is 2.73 bits per heavy atom. The van der Waals surface area contributed by atoms with Gasteiger partial charge in [-0.2, -0.15) is 0 Å². The van der Waals surface area contributed by atoms with Gasteiger partial charge in [0.25, 0.3) is 0 Å². The fourth-order valence-corrected chi connectivity index (χ4v) is 4.37. The summed E-state index contributed by atoms with van der Waals surface area (Å²) in [6, 6.07) is 8.15. The van der Waals surface area contributed by atoms with Crippen LogP contribution in [-0.2, 0) is 0 Å². The van der Waals surface area contributed by atoms with E-state index in [1.54, 1.807) is 12.1 Å². The van der Waals surface area contributed by atoms with Gasteiger partial charge >= 0.3 is 0 Å². The van der Waals surface area contributed by atoms with Crippen LogP contribution >= 0.6 is 24.0 Å². The Balaban J connectivity index is 0.00000196. The summed E-state index contributed by atoms with van der Waals surface area (Å²) in [5.74, 6) is 1.22. The third-order valence-corrected chi connectivity index (χ3v) is 5.84. The first-order chi connectivity index (χ1) is 12.3. The van der Waals surface area contributed by atoms with Gasteiger partial charge in [-0.25, -0.2) is 4.39 Å². The Morgan fingerprint density at radius 1 is 1.23 bits per heavy atom. The molecular weight excluding hydrogens is 442 g/mol. The van der Waals surface area contributed by atoms with Gasteiger partial charge in [-0.1, -0.05) is 18.2 Å². The molecule has 26 heavy (non-hydrogen) atoms. The van der Waals surface area contributed by atoms with E-state index in [-0.39, 0.29) is 35.7 Å². The average Bonchev–Trinajstić information content (AvgIpc) is 3.05. The molecular formula is C20H30FIN4. The fourth-order valence-electron chi connectivity index (χ4n) is 4.37. The topological polar surface area (TPSA) is 30.9 Å². The smallest absolute Gasteiger partial charge is 0.194 e. The Labute approximate surface area is 173 Å². The average molecular weight is 472 g/mol. The molecule has 6 heteroatoms. The summed E-state index contributed by atoms with van der Waals surface area (Å²) >= 11 is 0. The van der Waals surface area contributed by atoms with E-state index in [0.29, 0.717) is 12.1 Å². The lowest BCUT2D eigenvalue weighted by molar-refractivity contribution is 0.249. The SMILES string of the molecule is CCN=C(NC1CC1c1ccccc1F)N1CCC(N2CCCC2)C1.I. The van der Waals surface area contributed by atoms with Crippen LogP contribution in [0.3, 0.4) is 0 Å². The molecule has 0 amide bonds. The van der Waals surface area contributed by atoms with Crippen LogP contribution in [0.5, 0.6) is 0 Å². The molecule has 1 N–H and O–H groups in total. The lowest BCUT2D eigenvalue weighted by atomic mass is 10.1. The van der Waals surface area contributed by atoms with E-state index >= 15 is 0 Å². The Morgan fingerprint density at radius 2 is 2.00 bits per heavy atom. The zero-order valence-corrected chi connectivity index (χ0v) is 17.9. The molecule has 4 rings (SSSR count). The minimum atomic E-state index is -0.0824. The molecule has 0 bridgehead atoms. The van der Waals surface area contributed by atoms with Crippen LogP contribution in [0.4, 0.5) is 4.39 Å². The Hall–Kier alpha value is -0.890. The molecule has 2 aliphatic heterocycles. The van der Waals surface area contributed by atoms with E-state index in [9.17, 15) is 4.39 Å². The standard InChI is InChI=1S/C20H29FN4.HI/c1-2-22-20(25-12-9-15(14-25)24-10-5-6-11-24)23-19-13-17(19)16-7-3-4-8-18(16)21;/h3-4,7-8,15,17,19H,2,5-6,9-14H2,1H3,(H,22,23);1H. The first-order valence-corrected chi connectivity index (χ1v) is 9.80. The molecule has 3 aliphatic rings. The van der Waals surface area contributed by atoms with Gasteiger partial charge < -0.3 is 10.2 Å². The highest BCUT2D eigenvalue weighted by atomic mass is 127. The number of nitrogens with zero attached hydrogens (tertiary/aromatic N) is 3. The van der Waals surface area contributed by atoms with Crippen molar-refractivity contribution in [1.82, 2.24) is 15.1 Å². The number of hydrogen-bond acceptors (Lipinski definition) is 2. The van der Waals surface area contributed by atoms with Crippen LogP contribution in [0.25, 0.3) is 0 Å². The molecule has 3 atom stereocenters. The van der Waals surface area contributed by atoms with Gasteiger partial charge in [-0.05, 0) is 57.3 Å². The van der Waals surface area contributed by atoms with Crippen LogP contribution in [0.15, 0.2) is 29.3 Å². The summed E-state index contributed by atoms with van der Waals surface area (Å²) in [4.78, 5) is 9.76. The number of nitrogens with one attached hydrogen (secondary N) is 1. The molecule has 0 radical (unpaired) electrons. The predicted octanol–water partition coefficient (Wildman–Crippen LogP) is 3.44. The van der Waals surface area contributed by atoms with Crippen molar-refractivity contribution in [3.8, 4) is 0 Å². The van der Waals surface area contributed by atoms with Gasteiger partial charge in [0.15, 0.2) is 5.96 Å². The predicted molar refractivity (Wildman–Crippen MR) is 115 cm³/mol. The number of rotatable bonds is 4. The molecule has 144 valence electrons. The van der Waals surface area contributed by atoms with E-state index in [1.165, 1.54) is 32.4 Å². The molecule has 0 spiro atoms. The highest BCUT2D eigenvalue weighted by molar-refractivity contribution is 14.0. The van der Waals surface area contributed by atoms with Crippen molar-refractivity contribution < 1.29 is 4.39 Å². The minimum absolute atomic E-state index is 0. The van der Waals surface area contributed by atoms with E-state index < -0.39 is 0 Å². The van der Waals surface area contributed by atoms with Crippen molar-refractivity contribution in [3.63, 3.8) is 0 Å². The first-order valence-electron chi connectivity index (χ1n) is 9.80. The molecule has 1 aromatic carbocycles. The molecule has 3 unspecified atom stereocenters. The fraction of sp³-hybridized carbons (Fsp3) is 0.650. The van der Waals surface area contributed by atoms with Crippen LogP contribution in [0.1, 0.15) is 44.1 Å². The van der Waals surface area contributed by atoms with Gasteiger partial charge in [0, 0.05) is 37.6 Å². The lowest BCUT2D eigenvalue weighted by Gasteiger charge is -2.25. The second-order valence-electron chi connectivity index (χ2n) is 7.54. The zero-order valence-electron chi connectivity index (χ0n) is 15.5. The summed E-state index contributed by atoms with van der Waals surface area (Å²) in [5, 5.41) is 3.61. The largest absolute Gasteiger partial charge is 0.353 e. The number of likely N-dealkylation sites (tertiary alicyclic amines) is 2. The van der Waals surface area contributed by atoms with Gasteiger partial charge in [0.1, 0.15) is 5.82 Å². The summed E-state index contributed by atoms with van der Waals surface area (Å²) in [6.45, 7) is 7.52. The second-order valence-corrected chi connectivity index (χ2v) is 7.54. The van der Waals surface area contributed by atoms with Crippen molar-refractivity contribution >= 4 is 29.9 Å². The molecule has 1 saturated carbocycles. The summed E-state index contributed by atoms with van der Waals surface area (Å²) in [5.41, 5.74) is 0.840. The maximum Gasteiger partial charge on any atom is 0.194 e. The number of aliphatic imine (C=N–C) groups is 1. The quantitative estimate of drug-likeness (QED) is 0.414. The van der Waals surface area contributed by atoms with Gasteiger partial charge in [0.2, 0.25) is 0 Å². The third kappa shape index (κ3) is 4.32. The summed E-state index contributed by atoms with van der Waals surface area (Å²) < 4.78 is 14.0. The highest BCUT2D eigenvalue weighted by Crippen LogP contribution is 2.42. The van der Waals surface area contributed by atoms with Crippen LogP contribution in [0, 0.1) is 5.82 Å². The van der Waals surface area contributed by atoms with Crippen LogP contribution in [-0.4, -0.2) is 60.6 Å². The van der Waals surface area contributed by atoms with Gasteiger partial charge in [0.05, 0.1) is 0 Å². The van der Waals surface area contributed by atoms with E-state index in [2.05, 4.69) is 22.0 Å². The summed E-state index contributed by atoms with van der Waals surface area (Å²) in [6.07, 6.45) is 4.91. The maximum absolute atomic E-state index is 14.0. The third-order valence-electron chi connectivity index (χ3n) is 5.84. The van der Waals surface area contributed by atoms with Crippen molar-refractivity contribution in [1.29, 1.82) is 0 Å². The molecule has 1 aromatic rings. The van der Waals surface area contributed by atoms with Crippen molar-refractivity contribution in [2.75, 3.05) is 32.7 Å². The summed E-state index contributed by atoms with van der Waals surface area (Å²) in [7, 11) is 0. The molecule has 3 fully saturated rings. The molecule has 4 nitrogen and oxygen atoms in total. The Kier molecular flexibility index (Phi) is 6.77. The molecule has 0 aromatic heterocycles. The zero-order chi connectivity index (χ0) is 17.2. The molecule has 2 heterocycles. The van der Waals surface area contributed by atoms with Crippen LogP contribution in [0.2, 0.25) is 0 Å². The van der Waals surface area contributed by atoms with Gasteiger partial charge in [-0.3, -0.25) is 9.89 Å². The number of hydrogen-bond donors (Lipinski definition) is 1. The van der Waals surface area contributed by atoms with Crippen molar-refractivity contribution in [2.45, 2.75) is 50.6 Å². The first kappa shape index (κ1) is 19.9.